The predicted molar refractivity (Wildman–Crippen MR) is 84.2 cm³/mol. The fourth-order valence-corrected chi connectivity index (χ4v) is 2.70. The molecule has 0 radical (unpaired) electrons. The SMILES string of the molecule is O=C(c1ccc(-c2ccco2)[nH]c1=O)N1CCN(CCO)CC1. The number of carbonyl (C=O) groups excluding carboxylic acids is 1. The molecule has 0 aliphatic carbocycles. The van der Waals surface area contributed by atoms with Crippen LogP contribution in [0, 0.1) is 0 Å². The maximum atomic E-state index is 12.5. The monoisotopic (exact) mass is 317 g/mol. The van der Waals surface area contributed by atoms with E-state index in [4.69, 9.17) is 9.52 Å². The molecule has 1 aliphatic rings. The van der Waals surface area contributed by atoms with Gasteiger partial charge in [0.1, 0.15) is 11.3 Å². The Balaban J connectivity index is 1.72. The zero-order valence-electron chi connectivity index (χ0n) is 12.7. The van der Waals surface area contributed by atoms with Crippen molar-refractivity contribution in [2.24, 2.45) is 0 Å². The summed E-state index contributed by atoms with van der Waals surface area (Å²) in [5, 5.41) is 8.94. The number of aliphatic hydroxyl groups excluding tert-OH is 1. The van der Waals surface area contributed by atoms with Crippen molar-refractivity contribution in [1.82, 2.24) is 14.8 Å². The summed E-state index contributed by atoms with van der Waals surface area (Å²) in [7, 11) is 0. The molecule has 2 aromatic heterocycles. The molecule has 7 heteroatoms. The average Bonchev–Trinajstić information content (AvgIpc) is 3.10. The molecule has 3 rings (SSSR count). The Morgan fingerprint density at radius 2 is 2.00 bits per heavy atom. The van der Waals surface area contributed by atoms with Crippen molar-refractivity contribution in [3.05, 3.63) is 46.4 Å². The number of rotatable bonds is 4. The number of amides is 1. The van der Waals surface area contributed by atoms with Crippen LogP contribution in [0.5, 0.6) is 0 Å². The number of β-amino-alcohol motifs (C(OH)–C–C–N with tert-alkyl or cyclic N) is 1. The highest BCUT2D eigenvalue weighted by Gasteiger charge is 2.23. The summed E-state index contributed by atoms with van der Waals surface area (Å²) in [6.07, 6.45) is 1.53. The minimum atomic E-state index is -0.415. The molecule has 2 aromatic rings. The second-order valence-corrected chi connectivity index (χ2v) is 5.45. The number of H-pyrrole nitrogens is 1. The molecule has 23 heavy (non-hydrogen) atoms. The molecular weight excluding hydrogens is 298 g/mol. The number of pyridine rings is 1. The highest BCUT2D eigenvalue weighted by atomic mass is 16.3. The molecule has 1 aliphatic heterocycles. The lowest BCUT2D eigenvalue weighted by Gasteiger charge is -2.34. The van der Waals surface area contributed by atoms with E-state index in [-0.39, 0.29) is 18.1 Å². The van der Waals surface area contributed by atoms with E-state index in [0.29, 0.717) is 44.2 Å². The third-order valence-corrected chi connectivity index (χ3v) is 4.00. The van der Waals surface area contributed by atoms with Crippen molar-refractivity contribution >= 4 is 5.91 Å². The standard InChI is InChI=1S/C16H19N3O4/c20-10-9-18-5-7-19(8-6-18)16(22)12-3-4-13(17-15(12)21)14-2-1-11-23-14/h1-4,11,20H,5-10H2,(H,17,21). The van der Waals surface area contributed by atoms with Gasteiger partial charge in [0.2, 0.25) is 0 Å². The van der Waals surface area contributed by atoms with Crippen LogP contribution in [0.3, 0.4) is 0 Å². The van der Waals surface area contributed by atoms with E-state index < -0.39 is 5.56 Å². The topological polar surface area (TPSA) is 89.8 Å². The van der Waals surface area contributed by atoms with E-state index in [1.54, 1.807) is 29.2 Å². The van der Waals surface area contributed by atoms with Crippen molar-refractivity contribution in [2.45, 2.75) is 0 Å². The molecule has 122 valence electrons. The van der Waals surface area contributed by atoms with Gasteiger partial charge in [-0.2, -0.15) is 0 Å². The van der Waals surface area contributed by atoms with Gasteiger partial charge >= 0.3 is 0 Å². The fraction of sp³-hybridized carbons (Fsp3) is 0.375. The van der Waals surface area contributed by atoms with Gasteiger partial charge in [0.25, 0.3) is 11.5 Å². The van der Waals surface area contributed by atoms with Crippen LogP contribution in [0.2, 0.25) is 0 Å². The van der Waals surface area contributed by atoms with Crippen molar-refractivity contribution in [2.75, 3.05) is 39.3 Å². The van der Waals surface area contributed by atoms with E-state index in [1.165, 1.54) is 6.26 Å². The van der Waals surface area contributed by atoms with Crippen LogP contribution >= 0.6 is 0 Å². The Morgan fingerprint density at radius 3 is 2.61 bits per heavy atom. The molecule has 0 unspecified atom stereocenters. The number of nitrogens with one attached hydrogen (secondary N) is 1. The molecule has 0 bridgehead atoms. The lowest BCUT2D eigenvalue weighted by molar-refractivity contribution is 0.0613. The summed E-state index contributed by atoms with van der Waals surface area (Å²) in [5.74, 6) is 0.291. The number of piperazine rings is 1. The Morgan fingerprint density at radius 1 is 1.22 bits per heavy atom. The van der Waals surface area contributed by atoms with Crippen LogP contribution in [0.1, 0.15) is 10.4 Å². The zero-order valence-corrected chi connectivity index (χ0v) is 12.7. The smallest absolute Gasteiger partial charge is 0.261 e. The largest absolute Gasteiger partial charge is 0.463 e. The molecule has 0 atom stereocenters. The van der Waals surface area contributed by atoms with Crippen molar-refractivity contribution in [1.29, 1.82) is 0 Å². The Labute approximate surface area is 133 Å². The van der Waals surface area contributed by atoms with Gasteiger partial charge in [0.15, 0.2) is 0 Å². The number of aromatic amines is 1. The van der Waals surface area contributed by atoms with Gasteiger partial charge in [-0.25, -0.2) is 0 Å². The van der Waals surface area contributed by atoms with Gasteiger partial charge in [0, 0.05) is 32.7 Å². The number of carbonyl (C=O) groups is 1. The van der Waals surface area contributed by atoms with Gasteiger partial charge in [-0.15, -0.1) is 0 Å². The van der Waals surface area contributed by atoms with Gasteiger partial charge in [-0.05, 0) is 24.3 Å². The van der Waals surface area contributed by atoms with Crippen LogP contribution < -0.4 is 5.56 Å². The number of hydrogen-bond donors (Lipinski definition) is 2. The number of aromatic nitrogens is 1. The van der Waals surface area contributed by atoms with E-state index >= 15 is 0 Å². The maximum absolute atomic E-state index is 12.5. The van der Waals surface area contributed by atoms with Crippen LogP contribution in [-0.4, -0.2) is 65.1 Å². The van der Waals surface area contributed by atoms with Gasteiger partial charge in [-0.3, -0.25) is 14.5 Å². The summed E-state index contributed by atoms with van der Waals surface area (Å²) in [4.78, 5) is 31.1. The molecule has 1 amide bonds. The molecule has 3 heterocycles. The van der Waals surface area contributed by atoms with Crippen LogP contribution in [-0.2, 0) is 0 Å². The highest BCUT2D eigenvalue weighted by Crippen LogP contribution is 2.16. The molecule has 0 aromatic carbocycles. The van der Waals surface area contributed by atoms with E-state index in [2.05, 4.69) is 9.88 Å². The first-order valence-corrected chi connectivity index (χ1v) is 7.59. The Kier molecular flexibility index (Phi) is 4.59. The lowest BCUT2D eigenvalue weighted by atomic mass is 10.2. The summed E-state index contributed by atoms with van der Waals surface area (Å²) in [6, 6.07) is 6.69. The van der Waals surface area contributed by atoms with Gasteiger partial charge in [0.05, 0.1) is 18.6 Å². The third kappa shape index (κ3) is 3.35. The molecule has 2 N–H and O–H groups in total. The normalized spacial score (nSPS) is 15.8. The molecule has 1 fully saturated rings. The minimum Gasteiger partial charge on any atom is -0.463 e. The first kappa shape index (κ1) is 15.5. The van der Waals surface area contributed by atoms with Crippen molar-refractivity contribution in [3.8, 4) is 11.5 Å². The molecule has 1 saturated heterocycles. The average molecular weight is 317 g/mol. The minimum absolute atomic E-state index is 0.113. The molecule has 0 saturated carbocycles. The number of hydrogen-bond acceptors (Lipinski definition) is 5. The van der Waals surface area contributed by atoms with Gasteiger partial charge < -0.3 is 19.4 Å². The first-order valence-electron chi connectivity index (χ1n) is 7.59. The highest BCUT2D eigenvalue weighted by molar-refractivity contribution is 5.94. The summed E-state index contributed by atoms with van der Waals surface area (Å²) in [5.41, 5.74) is 0.266. The van der Waals surface area contributed by atoms with E-state index in [0.717, 1.165) is 0 Å². The zero-order chi connectivity index (χ0) is 16.2. The number of aliphatic hydroxyl groups is 1. The Bertz CT molecular complexity index is 715. The summed E-state index contributed by atoms with van der Waals surface area (Å²) >= 11 is 0. The quantitative estimate of drug-likeness (QED) is 0.851. The van der Waals surface area contributed by atoms with Crippen LogP contribution in [0.25, 0.3) is 11.5 Å². The van der Waals surface area contributed by atoms with Crippen LogP contribution in [0.4, 0.5) is 0 Å². The number of nitrogens with zero attached hydrogens (tertiary/aromatic N) is 2. The summed E-state index contributed by atoms with van der Waals surface area (Å²) in [6.45, 7) is 3.24. The number of furan rings is 1. The third-order valence-electron chi connectivity index (χ3n) is 4.00. The molecular formula is C16H19N3O4. The Hall–Kier alpha value is -2.38. The fourth-order valence-electron chi connectivity index (χ4n) is 2.70. The second kappa shape index (κ2) is 6.80. The molecule has 7 nitrogen and oxygen atoms in total. The van der Waals surface area contributed by atoms with Gasteiger partial charge in [-0.1, -0.05) is 0 Å². The van der Waals surface area contributed by atoms with Crippen molar-refractivity contribution < 1.29 is 14.3 Å². The van der Waals surface area contributed by atoms with E-state index in [9.17, 15) is 9.59 Å². The van der Waals surface area contributed by atoms with Crippen molar-refractivity contribution in [3.63, 3.8) is 0 Å². The van der Waals surface area contributed by atoms with Crippen LogP contribution in [0.15, 0.2) is 39.7 Å². The summed E-state index contributed by atoms with van der Waals surface area (Å²) < 4.78 is 5.23. The molecule has 0 spiro atoms. The first-order chi connectivity index (χ1) is 11.2. The second-order valence-electron chi connectivity index (χ2n) is 5.45. The lowest BCUT2D eigenvalue weighted by Crippen LogP contribution is -2.50. The predicted octanol–water partition coefficient (Wildman–Crippen LogP) is 0.385. The van der Waals surface area contributed by atoms with E-state index in [1.807, 2.05) is 0 Å². The maximum Gasteiger partial charge on any atom is 0.261 e.